The Labute approximate surface area is 147 Å². The Morgan fingerprint density at radius 1 is 1.40 bits per heavy atom. The summed E-state index contributed by atoms with van der Waals surface area (Å²) in [6.07, 6.45) is 2.20. The average Bonchev–Trinajstić information content (AvgIpc) is 2.60. The van der Waals surface area contributed by atoms with E-state index in [1.54, 1.807) is 14.0 Å². The third-order valence-electron chi connectivity index (χ3n) is 4.77. The first-order valence-electron chi connectivity index (χ1n) is 8.72. The van der Waals surface area contributed by atoms with E-state index in [0.29, 0.717) is 19.0 Å². The van der Waals surface area contributed by atoms with Crippen molar-refractivity contribution in [1.82, 2.24) is 15.2 Å². The summed E-state index contributed by atoms with van der Waals surface area (Å²) in [5.41, 5.74) is 1.54. The van der Waals surface area contributed by atoms with Gasteiger partial charge in [0.15, 0.2) is 0 Å². The van der Waals surface area contributed by atoms with Gasteiger partial charge in [-0.05, 0) is 49.6 Å². The van der Waals surface area contributed by atoms with Crippen LogP contribution in [0.15, 0.2) is 29.1 Å². The van der Waals surface area contributed by atoms with Gasteiger partial charge in [-0.15, -0.1) is 0 Å². The van der Waals surface area contributed by atoms with E-state index in [-0.39, 0.29) is 11.5 Å². The van der Waals surface area contributed by atoms with Crippen molar-refractivity contribution in [3.05, 3.63) is 40.2 Å². The number of nitrogens with one attached hydrogen (secondary N) is 2. The number of ether oxygens (including phenoxy) is 1. The Hall–Kier alpha value is -2.34. The monoisotopic (exact) mass is 343 g/mol. The first-order valence-corrected chi connectivity index (χ1v) is 8.72. The number of benzene rings is 1. The zero-order valence-corrected chi connectivity index (χ0v) is 14.8. The molecule has 6 nitrogen and oxygen atoms in total. The number of nitrogens with zero attached hydrogens (tertiary/aromatic N) is 1. The average molecular weight is 343 g/mol. The molecule has 0 bridgehead atoms. The Balaban J connectivity index is 1.74. The molecule has 2 N–H and O–H groups in total. The van der Waals surface area contributed by atoms with Crippen molar-refractivity contribution < 1.29 is 9.53 Å². The zero-order valence-electron chi connectivity index (χ0n) is 14.8. The maximum Gasteiger partial charge on any atom is 0.252 e. The van der Waals surface area contributed by atoms with Gasteiger partial charge in [0.1, 0.15) is 5.75 Å². The predicted octanol–water partition coefficient (Wildman–Crippen LogP) is 1.88. The number of carbonyl (C=O) groups excluding carboxylic acids is 1. The topological polar surface area (TPSA) is 74.4 Å². The van der Waals surface area contributed by atoms with Crippen molar-refractivity contribution >= 4 is 16.8 Å². The van der Waals surface area contributed by atoms with E-state index in [1.165, 1.54) is 0 Å². The van der Waals surface area contributed by atoms with Crippen LogP contribution in [0.1, 0.15) is 25.3 Å². The number of hydrogen-bond acceptors (Lipinski definition) is 4. The van der Waals surface area contributed by atoms with Crippen LogP contribution >= 0.6 is 0 Å². The quantitative estimate of drug-likeness (QED) is 0.869. The van der Waals surface area contributed by atoms with Crippen LogP contribution in [0, 0.1) is 5.92 Å². The number of H-pyrrole nitrogens is 1. The molecule has 1 saturated heterocycles. The summed E-state index contributed by atoms with van der Waals surface area (Å²) in [7, 11) is 1.64. The maximum atomic E-state index is 12.4. The third kappa shape index (κ3) is 4.39. The van der Waals surface area contributed by atoms with Crippen molar-refractivity contribution in [2.24, 2.45) is 5.92 Å². The van der Waals surface area contributed by atoms with Crippen LogP contribution < -0.4 is 15.6 Å². The molecule has 1 aliphatic rings. The number of aromatic nitrogens is 1. The van der Waals surface area contributed by atoms with Crippen molar-refractivity contribution in [2.45, 2.75) is 26.3 Å². The molecule has 6 heteroatoms. The number of amides is 1. The summed E-state index contributed by atoms with van der Waals surface area (Å²) >= 11 is 0. The molecule has 0 radical (unpaired) electrons. The Bertz CT molecular complexity index is 815. The van der Waals surface area contributed by atoms with Gasteiger partial charge >= 0.3 is 0 Å². The molecule has 1 atom stereocenters. The summed E-state index contributed by atoms with van der Waals surface area (Å²) < 4.78 is 5.27. The van der Waals surface area contributed by atoms with Gasteiger partial charge in [0.25, 0.3) is 5.56 Å². The minimum atomic E-state index is -0.0401. The van der Waals surface area contributed by atoms with E-state index in [9.17, 15) is 9.59 Å². The van der Waals surface area contributed by atoms with Crippen LogP contribution in [-0.4, -0.2) is 42.5 Å². The number of likely N-dealkylation sites (tertiary alicyclic amines) is 1. The molecule has 0 spiro atoms. The lowest BCUT2D eigenvalue weighted by Crippen LogP contribution is -2.40. The second-order valence-electron chi connectivity index (χ2n) is 6.76. The molecule has 134 valence electrons. The molecule has 2 heterocycles. The molecule has 3 rings (SSSR count). The molecule has 0 saturated carbocycles. The van der Waals surface area contributed by atoms with Gasteiger partial charge in [-0.1, -0.05) is 0 Å². The standard InChI is InChI=1S/C19H25N3O3/c1-13(23)20-10-14-4-3-7-22(11-14)12-16-8-15-9-17(25-2)5-6-18(15)21-19(16)24/h5-6,8-9,14H,3-4,7,10-12H2,1-2H3,(H,20,23)(H,21,24). The van der Waals surface area contributed by atoms with E-state index in [0.717, 1.165) is 48.1 Å². The number of hydrogen-bond donors (Lipinski definition) is 2. The number of fused-ring (bicyclic) bond motifs is 1. The summed E-state index contributed by atoms with van der Waals surface area (Å²) in [4.78, 5) is 28.7. The van der Waals surface area contributed by atoms with Crippen LogP contribution in [0.4, 0.5) is 0 Å². The highest BCUT2D eigenvalue weighted by Crippen LogP contribution is 2.21. The molecule has 1 aromatic heterocycles. The Morgan fingerprint density at radius 3 is 3.00 bits per heavy atom. The fourth-order valence-corrected chi connectivity index (χ4v) is 3.46. The number of pyridine rings is 1. The lowest BCUT2D eigenvalue weighted by atomic mass is 9.97. The summed E-state index contributed by atoms with van der Waals surface area (Å²) in [6, 6.07) is 7.59. The first-order chi connectivity index (χ1) is 12.0. The fourth-order valence-electron chi connectivity index (χ4n) is 3.46. The van der Waals surface area contributed by atoms with Gasteiger partial charge in [0.2, 0.25) is 5.91 Å². The van der Waals surface area contributed by atoms with Crippen molar-refractivity contribution in [1.29, 1.82) is 0 Å². The van der Waals surface area contributed by atoms with Crippen LogP contribution in [0.3, 0.4) is 0 Å². The Morgan fingerprint density at radius 2 is 2.24 bits per heavy atom. The molecular weight excluding hydrogens is 318 g/mol. The van der Waals surface area contributed by atoms with Crippen LogP contribution in [-0.2, 0) is 11.3 Å². The maximum absolute atomic E-state index is 12.4. The summed E-state index contributed by atoms with van der Waals surface area (Å²) in [5.74, 6) is 1.23. The highest BCUT2D eigenvalue weighted by Gasteiger charge is 2.21. The van der Waals surface area contributed by atoms with E-state index in [4.69, 9.17) is 4.74 Å². The molecule has 25 heavy (non-hydrogen) atoms. The normalized spacial score (nSPS) is 18.2. The van der Waals surface area contributed by atoms with Gasteiger partial charge in [-0.3, -0.25) is 14.5 Å². The number of piperidine rings is 1. The molecule has 1 amide bonds. The van der Waals surface area contributed by atoms with Crippen molar-refractivity contribution in [2.75, 3.05) is 26.7 Å². The minimum absolute atomic E-state index is 0.0112. The number of carbonyl (C=O) groups is 1. The van der Waals surface area contributed by atoms with Crippen LogP contribution in [0.5, 0.6) is 5.75 Å². The van der Waals surface area contributed by atoms with E-state index in [2.05, 4.69) is 15.2 Å². The van der Waals surface area contributed by atoms with Crippen molar-refractivity contribution in [3.8, 4) is 5.75 Å². The molecule has 1 aliphatic heterocycles. The highest BCUT2D eigenvalue weighted by atomic mass is 16.5. The number of rotatable bonds is 5. The lowest BCUT2D eigenvalue weighted by molar-refractivity contribution is -0.119. The first kappa shape index (κ1) is 17.5. The zero-order chi connectivity index (χ0) is 17.8. The second-order valence-corrected chi connectivity index (χ2v) is 6.76. The van der Waals surface area contributed by atoms with Crippen LogP contribution in [0.25, 0.3) is 10.9 Å². The third-order valence-corrected chi connectivity index (χ3v) is 4.77. The molecule has 2 aromatic rings. The van der Waals surface area contributed by atoms with E-state index < -0.39 is 0 Å². The van der Waals surface area contributed by atoms with E-state index >= 15 is 0 Å². The molecule has 1 fully saturated rings. The highest BCUT2D eigenvalue weighted by molar-refractivity contribution is 5.80. The molecule has 0 aliphatic carbocycles. The van der Waals surface area contributed by atoms with Gasteiger partial charge in [-0.25, -0.2) is 0 Å². The van der Waals surface area contributed by atoms with Gasteiger partial charge in [-0.2, -0.15) is 0 Å². The SMILES string of the molecule is COc1ccc2[nH]c(=O)c(CN3CCCC(CNC(C)=O)C3)cc2c1. The second kappa shape index (κ2) is 7.70. The van der Waals surface area contributed by atoms with Crippen molar-refractivity contribution in [3.63, 3.8) is 0 Å². The summed E-state index contributed by atoms with van der Waals surface area (Å²) in [5, 5.41) is 3.87. The smallest absolute Gasteiger partial charge is 0.252 e. The largest absolute Gasteiger partial charge is 0.497 e. The van der Waals surface area contributed by atoms with Gasteiger partial charge < -0.3 is 15.0 Å². The van der Waals surface area contributed by atoms with Gasteiger partial charge in [0.05, 0.1) is 7.11 Å². The molecule has 1 unspecified atom stereocenters. The molecule has 1 aromatic carbocycles. The number of methoxy groups -OCH3 is 1. The minimum Gasteiger partial charge on any atom is -0.497 e. The predicted molar refractivity (Wildman–Crippen MR) is 97.8 cm³/mol. The summed E-state index contributed by atoms with van der Waals surface area (Å²) in [6.45, 7) is 4.75. The van der Waals surface area contributed by atoms with Gasteiger partial charge in [0, 0.05) is 43.0 Å². The van der Waals surface area contributed by atoms with E-state index in [1.807, 2.05) is 24.3 Å². The molecular formula is C19H25N3O3. The fraction of sp³-hybridized carbons (Fsp3) is 0.474. The Kier molecular flexibility index (Phi) is 5.38. The number of aromatic amines is 1. The lowest BCUT2D eigenvalue weighted by Gasteiger charge is -2.32. The van der Waals surface area contributed by atoms with Crippen LogP contribution in [0.2, 0.25) is 0 Å².